The molecule has 0 spiro atoms. The van der Waals surface area contributed by atoms with Crippen molar-refractivity contribution in [2.24, 2.45) is 5.10 Å². The summed E-state index contributed by atoms with van der Waals surface area (Å²) in [6, 6.07) is 19.2. The zero-order chi connectivity index (χ0) is 14.5. The van der Waals surface area contributed by atoms with Gasteiger partial charge in [0.2, 0.25) is 0 Å². The number of aromatic nitrogens is 2. The summed E-state index contributed by atoms with van der Waals surface area (Å²) in [5.74, 6) is -0.252. The first-order valence-electron chi connectivity index (χ1n) is 6.74. The second kappa shape index (κ2) is 6.05. The van der Waals surface area contributed by atoms with Crippen molar-refractivity contribution in [3.05, 3.63) is 90.5 Å². The Kier molecular flexibility index (Phi) is 3.78. The van der Waals surface area contributed by atoms with E-state index >= 15 is 0 Å². The first-order valence-corrected chi connectivity index (χ1v) is 6.74. The molecule has 104 valence electrons. The number of nitrogens with zero attached hydrogens (tertiary/aromatic N) is 3. The molecule has 3 aromatic rings. The third kappa shape index (κ3) is 3.36. The molecule has 1 aromatic heterocycles. The van der Waals surface area contributed by atoms with Crippen molar-refractivity contribution in [1.82, 2.24) is 4.68 Å². The van der Waals surface area contributed by atoms with Crippen molar-refractivity contribution >= 4 is 5.90 Å². The van der Waals surface area contributed by atoms with E-state index in [1.54, 1.807) is 24.7 Å². The van der Waals surface area contributed by atoms with Crippen LogP contribution in [0.1, 0.15) is 11.1 Å². The molecule has 0 radical (unpaired) electrons. The Balaban J connectivity index is 1.76. The van der Waals surface area contributed by atoms with Gasteiger partial charge in [0.05, 0.1) is 0 Å². The minimum Gasteiger partial charge on any atom is -0.856 e. The summed E-state index contributed by atoms with van der Waals surface area (Å²) in [7, 11) is 0. The molecule has 0 bridgehead atoms. The van der Waals surface area contributed by atoms with Gasteiger partial charge in [0.15, 0.2) is 6.20 Å². The van der Waals surface area contributed by atoms with Crippen molar-refractivity contribution in [2.45, 2.75) is 6.54 Å². The maximum atomic E-state index is 12.0. The van der Waals surface area contributed by atoms with Crippen molar-refractivity contribution in [3.63, 3.8) is 0 Å². The SMILES string of the molecule is [O-]/C(=N\n1cc[n+](Cc2ccccc2)c1)c1ccccc1. The number of rotatable bonds is 4. The fraction of sp³-hybridized carbons (Fsp3) is 0.0588. The highest BCUT2D eigenvalue weighted by molar-refractivity contribution is 5.90. The van der Waals surface area contributed by atoms with Gasteiger partial charge in [-0.05, 0) is 11.1 Å². The molecule has 21 heavy (non-hydrogen) atoms. The van der Waals surface area contributed by atoms with Crippen molar-refractivity contribution in [2.75, 3.05) is 0 Å². The van der Waals surface area contributed by atoms with Gasteiger partial charge in [-0.2, -0.15) is 0 Å². The van der Waals surface area contributed by atoms with Crippen LogP contribution in [0.15, 0.2) is 84.5 Å². The lowest BCUT2D eigenvalue weighted by Gasteiger charge is -2.06. The van der Waals surface area contributed by atoms with Gasteiger partial charge in [0, 0.05) is 5.90 Å². The Morgan fingerprint density at radius 2 is 1.67 bits per heavy atom. The molecule has 4 nitrogen and oxygen atoms in total. The van der Waals surface area contributed by atoms with Crippen LogP contribution in [0.2, 0.25) is 0 Å². The summed E-state index contributed by atoms with van der Waals surface area (Å²) in [4.78, 5) is 0. The Labute approximate surface area is 123 Å². The molecule has 0 atom stereocenters. The van der Waals surface area contributed by atoms with Crippen LogP contribution in [0.25, 0.3) is 0 Å². The summed E-state index contributed by atoms with van der Waals surface area (Å²) in [5, 5.41) is 16.0. The van der Waals surface area contributed by atoms with E-state index < -0.39 is 0 Å². The van der Waals surface area contributed by atoms with Crippen LogP contribution in [-0.2, 0) is 6.54 Å². The Morgan fingerprint density at radius 3 is 2.38 bits per heavy atom. The van der Waals surface area contributed by atoms with Crippen LogP contribution in [0.3, 0.4) is 0 Å². The van der Waals surface area contributed by atoms with Gasteiger partial charge in [-0.3, -0.25) is 0 Å². The van der Waals surface area contributed by atoms with Gasteiger partial charge in [0.1, 0.15) is 12.7 Å². The lowest BCUT2D eigenvalue weighted by Crippen LogP contribution is -2.31. The summed E-state index contributed by atoms with van der Waals surface area (Å²) in [6.45, 7) is 0.753. The topological polar surface area (TPSA) is 44.2 Å². The fourth-order valence-corrected chi connectivity index (χ4v) is 2.07. The molecule has 0 amide bonds. The average Bonchev–Trinajstić information content (AvgIpc) is 2.96. The maximum absolute atomic E-state index is 12.0. The highest BCUT2D eigenvalue weighted by Gasteiger charge is 2.03. The number of imidazole rings is 1. The number of hydrogen-bond acceptors (Lipinski definition) is 2. The van der Waals surface area contributed by atoms with Crippen molar-refractivity contribution < 1.29 is 9.67 Å². The van der Waals surface area contributed by atoms with E-state index in [-0.39, 0.29) is 5.90 Å². The van der Waals surface area contributed by atoms with Crippen LogP contribution >= 0.6 is 0 Å². The van der Waals surface area contributed by atoms with E-state index in [2.05, 4.69) is 17.2 Å². The molecule has 0 N–H and O–H groups in total. The molecule has 2 aromatic carbocycles. The molecule has 0 aliphatic heterocycles. The minimum atomic E-state index is -0.252. The lowest BCUT2D eigenvalue weighted by atomic mass is 10.2. The monoisotopic (exact) mass is 277 g/mol. The number of benzene rings is 2. The Morgan fingerprint density at radius 1 is 1.00 bits per heavy atom. The average molecular weight is 277 g/mol. The summed E-state index contributed by atoms with van der Waals surface area (Å²) in [6.07, 6.45) is 5.46. The van der Waals surface area contributed by atoms with Gasteiger partial charge >= 0.3 is 0 Å². The quantitative estimate of drug-likeness (QED) is 0.404. The fourth-order valence-electron chi connectivity index (χ4n) is 2.07. The molecule has 4 heteroatoms. The second-order valence-electron chi connectivity index (χ2n) is 4.72. The van der Waals surface area contributed by atoms with Crippen LogP contribution in [0.5, 0.6) is 0 Å². The van der Waals surface area contributed by atoms with Gasteiger partial charge in [-0.25, -0.2) is 4.57 Å². The molecule has 0 fully saturated rings. The van der Waals surface area contributed by atoms with E-state index in [4.69, 9.17) is 0 Å². The smallest absolute Gasteiger partial charge is 0.269 e. The largest absolute Gasteiger partial charge is 0.856 e. The Hall–Kier alpha value is -2.88. The van der Waals surface area contributed by atoms with E-state index in [1.807, 2.05) is 47.2 Å². The van der Waals surface area contributed by atoms with Gasteiger partial charge in [-0.15, -0.1) is 4.68 Å². The highest BCUT2D eigenvalue weighted by atomic mass is 16.3. The van der Waals surface area contributed by atoms with E-state index in [0.29, 0.717) is 5.56 Å². The first kappa shape index (κ1) is 13.1. The zero-order valence-electron chi connectivity index (χ0n) is 11.5. The molecule has 1 heterocycles. The predicted octanol–water partition coefficient (Wildman–Crippen LogP) is 1.39. The third-order valence-corrected chi connectivity index (χ3v) is 3.11. The molecule has 0 saturated carbocycles. The van der Waals surface area contributed by atoms with E-state index in [9.17, 15) is 5.11 Å². The van der Waals surface area contributed by atoms with Crippen LogP contribution < -0.4 is 9.67 Å². The standard InChI is InChI=1S/C17H15N3O/c21-17(16-9-5-2-6-10-16)18-20-12-11-19(14-20)13-15-7-3-1-4-8-15/h1-12,14H,13H2. The molecular weight excluding hydrogens is 262 g/mol. The van der Waals surface area contributed by atoms with E-state index in [0.717, 1.165) is 6.54 Å². The van der Waals surface area contributed by atoms with Crippen LogP contribution in [0.4, 0.5) is 0 Å². The van der Waals surface area contributed by atoms with E-state index in [1.165, 1.54) is 10.2 Å². The second-order valence-corrected chi connectivity index (χ2v) is 4.72. The molecule has 3 rings (SSSR count). The normalized spacial score (nSPS) is 11.5. The molecule has 0 aliphatic carbocycles. The summed E-state index contributed by atoms with van der Waals surface area (Å²) >= 11 is 0. The minimum absolute atomic E-state index is 0.252. The predicted molar refractivity (Wildman–Crippen MR) is 78.5 cm³/mol. The highest BCUT2D eigenvalue weighted by Crippen LogP contribution is 1.99. The van der Waals surface area contributed by atoms with Crippen LogP contribution in [-0.4, -0.2) is 10.6 Å². The van der Waals surface area contributed by atoms with Crippen LogP contribution in [0, 0.1) is 0 Å². The van der Waals surface area contributed by atoms with Gasteiger partial charge < -0.3 is 5.11 Å². The molecular formula is C17H15N3O. The molecule has 0 saturated heterocycles. The summed E-state index contributed by atoms with van der Waals surface area (Å²) in [5.41, 5.74) is 1.79. The van der Waals surface area contributed by atoms with Crippen molar-refractivity contribution in [1.29, 1.82) is 0 Å². The maximum Gasteiger partial charge on any atom is 0.269 e. The first-order chi connectivity index (χ1) is 10.3. The van der Waals surface area contributed by atoms with Gasteiger partial charge in [0.25, 0.3) is 6.33 Å². The number of hydrogen-bond donors (Lipinski definition) is 0. The zero-order valence-corrected chi connectivity index (χ0v) is 11.5. The molecule has 0 unspecified atom stereocenters. The lowest BCUT2D eigenvalue weighted by molar-refractivity contribution is -0.687. The molecule has 0 aliphatic rings. The van der Waals surface area contributed by atoms with Gasteiger partial charge in [-0.1, -0.05) is 65.8 Å². The van der Waals surface area contributed by atoms with Crippen molar-refractivity contribution in [3.8, 4) is 0 Å². The summed E-state index contributed by atoms with van der Waals surface area (Å²) < 4.78 is 3.52. The Bertz CT molecular complexity index is 733. The third-order valence-electron chi connectivity index (χ3n) is 3.11.